The molecule has 0 fully saturated rings. The van der Waals surface area contributed by atoms with E-state index in [1.54, 1.807) is 7.11 Å². The first-order valence-corrected chi connectivity index (χ1v) is 9.49. The lowest BCUT2D eigenvalue weighted by Gasteiger charge is -2.22. The maximum absolute atomic E-state index is 9.22. The van der Waals surface area contributed by atoms with Gasteiger partial charge in [-0.2, -0.15) is 0 Å². The highest BCUT2D eigenvalue weighted by molar-refractivity contribution is 5.46. The molecule has 140 valence electrons. The Morgan fingerprint density at radius 1 is 1.28 bits per heavy atom. The number of hydrogen-bond donors (Lipinski definition) is 2. The Hall–Kier alpha value is -1.59. The van der Waals surface area contributed by atoms with Crippen molar-refractivity contribution in [2.75, 3.05) is 45.2 Å². The maximum Gasteiger partial charge on any atom is 0.129 e. The predicted octanol–water partition coefficient (Wildman–Crippen LogP) is 3.56. The fraction of sp³-hybridized carbons (Fsp3) is 0.650. The van der Waals surface area contributed by atoms with Crippen LogP contribution in [0.1, 0.15) is 43.4 Å². The molecule has 1 aromatic rings. The van der Waals surface area contributed by atoms with Crippen molar-refractivity contribution < 1.29 is 9.84 Å². The van der Waals surface area contributed by atoms with Gasteiger partial charge in [0.15, 0.2) is 0 Å². The van der Waals surface area contributed by atoms with E-state index in [-0.39, 0.29) is 5.76 Å². The van der Waals surface area contributed by atoms with Gasteiger partial charge in [0.1, 0.15) is 5.82 Å². The van der Waals surface area contributed by atoms with Crippen molar-refractivity contribution in [1.82, 2.24) is 9.88 Å². The number of aliphatic hydroxyl groups is 1. The van der Waals surface area contributed by atoms with Gasteiger partial charge in [0.05, 0.1) is 12.4 Å². The van der Waals surface area contributed by atoms with Crippen molar-refractivity contribution in [2.24, 2.45) is 0 Å². The van der Waals surface area contributed by atoms with Crippen molar-refractivity contribution >= 4 is 5.82 Å². The van der Waals surface area contributed by atoms with Gasteiger partial charge in [-0.15, -0.1) is 0 Å². The van der Waals surface area contributed by atoms with Crippen LogP contribution in [0.4, 0.5) is 5.82 Å². The van der Waals surface area contributed by atoms with E-state index >= 15 is 0 Å². The van der Waals surface area contributed by atoms with Gasteiger partial charge >= 0.3 is 0 Å². The lowest BCUT2D eigenvalue weighted by molar-refractivity contribution is 0.145. The zero-order chi connectivity index (χ0) is 17.9. The van der Waals surface area contributed by atoms with Gasteiger partial charge in [-0.3, -0.25) is 0 Å². The highest BCUT2D eigenvalue weighted by Gasteiger charge is 2.10. The molecule has 0 aromatic carbocycles. The Bertz CT molecular complexity index is 534. The largest absolute Gasteiger partial charge is 0.513 e. The lowest BCUT2D eigenvalue weighted by Crippen LogP contribution is -2.29. The molecule has 5 nitrogen and oxygen atoms in total. The van der Waals surface area contributed by atoms with Crippen molar-refractivity contribution in [3.63, 3.8) is 0 Å². The molecule has 0 amide bonds. The van der Waals surface area contributed by atoms with Gasteiger partial charge < -0.3 is 20.1 Å². The van der Waals surface area contributed by atoms with Crippen LogP contribution in [0.3, 0.4) is 0 Å². The Morgan fingerprint density at radius 3 is 2.92 bits per heavy atom. The molecule has 5 heteroatoms. The summed E-state index contributed by atoms with van der Waals surface area (Å²) in [6, 6.07) is 4.41. The highest BCUT2D eigenvalue weighted by Crippen LogP contribution is 2.20. The normalized spacial score (nSPS) is 13.5. The summed E-state index contributed by atoms with van der Waals surface area (Å²) in [7, 11) is 1.74. The van der Waals surface area contributed by atoms with Gasteiger partial charge in [-0.05, 0) is 63.2 Å². The van der Waals surface area contributed by atoms with E-state index in [1.807, 2.05) is 0 Å². The number of aliphatic hydroxyl groups excluding tert-OH is 1. The van der Waals surface area contributed by atoms with Gasteiger partial charge in [0.25, 0.3) is 0 Å². The molecule has 1 aliphatic heterocycles. The zero-order valence-corrected chi connectivity index (χ0v) is 15.6. The minimum atomic E-state index is 0.277. The van der Waals surface area contributed by atoms with E-state index in [2.05, 4.69) is 28.9 Å². The molecule has 0 atom stereocenters. The molecule has 0 radical (unpaired) electrons. The van der Waals surface area contributed by atoms with Crippen LogP contribution in [-0.2, 0) is 17.6 Å². The predicted molar refractivity (Wildman–Crippen MR) is 103 cm³/mol. The van der Waals surface area contributed by atoms with Gasteiger partial charge in [-0.25, -0.2) is 4.98 Å². The number of nitrogens with zero attached hydrogens (tertiary/aromatic N) is 2. The second kappa shape index (κ2) is 11.1. The minimum Gasteiger partial charge on any atom is -0.513 e. The van der Waals surface area contributed by atoms with Crippen LogP contribution in [0.25, 0.3) is 0 Å². The molecule has 0 spiro atoms. The smallest absolute Gasteiger partial charge is 0.129 e. The van der Waals surface area contributed by atoms with Crippen molar-refractivity contribution in [3.8, 4) is 0 Å². The number of rotatable bonds is 12. The second-order valence-electron chi connectivity index (χ2n) is 6.80. The fourth-order valence-corrected chi connectivity index (χ4v) is 3.21. The number of aromatic nitrogens is 1. The monoisotopic (exact) mass is 347 g/mol. The van der Waals surface area contributed by atoms with Crippen LogP contribution in [-0.4, -0.2) is 54.9 Å². The van der Waals surface area contributed by atoms with E-state index in [9.17, 15) is 5.11 Å². The van der Waals surface area contributed by atoms with Crippen molar-refractivity contribution in [3.05, 3.63) is 35.7 Å². The fourth-order valence-electron chi connectivity index (χ4n) is 3.21. The molecule has 1 aromatic heterocycles. The number of hydrogen-bond acceptors (Lipinski definition) is 5. The van der Waals surface area contributed by atoms with E-state index in [1.165, 1.54) is 17.7 Å². The number of ether oxygens (including phenoxy) is 1. The molecule has 0 unspecified atom stereocenters. The SMILES string of the molecule is C=C(O)CCCN(CCCCc1ccc2c(n1)NCCC2)CCOC. The summed E-state index contributed by atoms with van der Waals surface area (Å²) in [5.74, 6) is 1.37. The van der Waals surface area contributed by atoms with Gasteiger partial charge in [0, 0.05) is 32.3 Å². The summed E-state index contributed by atoms with van der Waals surface area (Å²) in [5.41, 5.74) is 2.54. The second-order valence-corrected chi connectivity index (χ2v) is 6.80. The molecule has 0 aliphatic carbocycles. The standard InChI is InChI=1S/C20H33N3O2/c1-17(24)7-6-14-23(15-16-25-2)13-4-3-9-19-11-10-18-8-5-12-21-20(18)22-19/h10-11,24H,1,3-9,12-16H2,2H3,(H,21,22). The number of pyridine rings is 1. The molecule has 1 aliphatic rings. The third-order valence-electron chi connectivity index (χ3n) is 4.66. The van der Waals surface area contributed by atoms with Crippen molar-refractivity contribution in [2.45, 2.75) is 44.9 Å². The van der Waals surface area contributed by atoms with Crippen LogP contribution in [0.2, 0.25) is 0 Å². The Labute approximate surface area is 152 Å². The molecule has 0 bridgehead atoms. The number of unbranched alkanes of at least 4 members (excludes halogenated alkanes) is 1. The summed E-state index contributed by atoms with van der Waals surface area (Å²) >= 11 is 0. The Kier molecular flexibility index (Phi) is 8.77. The van der Waals surface area contributed by atoms with Crippen LogP contribution < -0.4 is 5.32 Å². The number of fused-ring (bicyclic) bond motifs is 1. The first-order chi connectivity index (χ1) is 12.2. The number of methoxy groups -OCH3 is 1. The quantitative estimate of drug-likeness (QED) is 0.447. The summed E-state index contributed by atoms with van der Waals surface area (Å²) < 4.78 is 5.20. The average Bonchev–Trinajstić information content (AvgIpc) is 2.62. The van der Waals surface area contributed by atoms with Gasteiger partial charge in [-0.1, -0.05) is 12.6 Å². The Balaban J connectivity index is 1.70. The first-order valence-electron chi connectivity index (χ1n) is 9.49. The Morgan fingerprint density at radius 2 is 2.12 bits per heavy atom. The summed E-state index contributed by atoms with van der Waals surface area (Å²) in [5, 5.41) is 12.6. The lowest BCUT2D eigenvalue weighted by atomic mass is 10.1. The van der Waals surface area contributed by atoms with E-state index < -0.39 is 0 Å². The number of anilines is 1. The highest BCUT2D eigenvalue weighted by atomic mass is 16.5. The summed E-state index contributed by atoms with van der Waals surface area (Å²) in [6.07, 6.45) is 7.28. The number of allylic oxidation sites excluding steroid dienone is 1. The first kappa shape index (κ1) is 19.7. The third kappa shape index (κ3) is 7.45. The van der Waals surface area contributed by atoms with Gasteiger partial charge in [0.2, 0.25) is 0 Å². The molecular formula is C20H33N3O2. The van der Waals surface area contributed by atoms with E-state index in [0.29, 0.717) is 6.42 Å². The number of aryl methyl sites for hydroxylation is 2. The van der Waals surface area contributed by atoms with Crippen molar-refractivity contribution in [1.29, 1.82) is 0 Å². The van der Waals surface area contributed by atoms with Crippen LogP contribution in [0, 0.1) is 0 Å². The molecule has 0 saturated carbocycles. The molecule has 2 rings (SSSR count). The summed E-state index contributed by atoms with van der Waals surface area (Å²) in [4.78, 5) is 7.18. The van der Waals surface area contributed by atoms with E-state index in [4.69, 9.17) is 9.72 Å². The topological polar surface area (TPSA) is 57.6 Å². The zero-order valence-electron chi connectivity index (χ0n) is 15.6. The number of nitrogens with one attached hydrogen (secondary N) is 1. The van der Waals surface area contributed by atoms with Crippen LogP contribution in [0.15, 0.2) is 24.5 Å². The molecule has 0 saturated heterocycles. The minimum absolute atomic E-state index is 0.277. The molecule has 2 N–H and O–H groups in total. The van der Waals surface area contributed by atoms with Crippen LogP contribution >= 0.6 is 0 Å². The maximum atomic E-state index is 9.22. The van der Waals surface area contributed by atoms with E-state index in [0.717, 1.165) is 70.7 Å². The molecule has 25 heavy (non-hydrogen) atoms. The average molecular weight is 348 g/mol. The van der Waals surface area contributed by atoms with Crippen LogP contribution in [0.5, 0.6) is 0 Å². The molecule has 2 heterocycles. The third-order valence-corrected chi connectivity index (χ3v) is 4.66. The molecular weight excluding hydrogens is 314 g/mol. The summed E-state index contributed by atoms with van der Waals surface area (Å²) in [6.45, 7) is 8.32.